The van der Waals surface area contributed by atoms with Gasteiger partial charge in [0.15, 0.2) is 0 Å². The first-order valence-corrected chi connectivity index (χ1v) is 4.65. The third-order valence-electron chi connectivity index (χ3n) is 2.09. The van der Waals surface area contributed by atoms with E-state index in [1.54, 1.807) is 0 Å². The van der Waals surface area contributed by atoms with E-state index < -0.39 is 11.7 Å². The van der Waals surface area contributed by atoms with Crippen LogP contribution in [-0.4, -0.2) is 9.97 Å². The summed E-state index contributed by atoms with van der Waals surface area (Å²) < 4.78 is 37.7. The number of fused-ring (bicyclic) bond motifs is 1. The van der Waals surface area contributed by atoms with Gasteiger partial charge >= 0.3 is 6.18 Å². The van der Waals surface area contributed by atoms with Crippen molar-refractivity contribution in [3.63, 3.8) is 0 Å². The van der Waals surface area contributed by atoms with Crippen LogP contribution in [0.15, 0.2) is 18.5 Å². The number of H-pyrrole nitrogens is 1. The second-order valence-electron chi connectivity index (χ2n) is 3.06. The summed E-state index contributed by atoms with van der Waals surface area (Å²) in [5.74, 6) is -0.177. The summed E-state index contributed by atoms with van der Waals surface area (Å²) in [6, 6.07) is 2.38. The van der Waals surface area contributed by atoms with E-state index in [9.17, 15) is 13.2 Å². The summed E-state index contributed by atoms with van der Waals surface area (Å²) in [5.41, 5.74) is 0.174. The van der Waals surface area contributed by atoms with Gasteiger partial charge in [0.25, 0.3) is 0 Å². The van der Waals surface area contributed by atoms with E-state index >= 15 is 0 Å². The van der Waals surface area contributed by atoms with E-state index in [1.165, 1.54) is 12.4 Å². The molecule has 0 atom stereocenters. The van der Waals surface area contributed by atoms with Gasteiger partial charge in [-0.1, -0.05) is 0 Å². The van der Waals surface area contributed by atoms with Crippen LogP contribution in [0, 0.1) is 0 Å². The summed E-state index contributed by atoms with van der Waals surface area (Å²) in [5, 5.41) is 0. The fraction of sp³-hybridized carbons (Fsp3) is 0.222. The molecule has 2 rings (SSSR count). The Labute approximate surface area is 88.1 Å². The molecule has 0 saturated heterocycles. The minimum Gasteiger partial charge on any atom is -0.345 e. The molecule has 0 unspecified atom stereocenters. The molecule has 1 N–H and O–H groups in total. The summed E-state index contributed by atoms with van der Waals surface area (Å²) >= 11 is 5.47. The zero-order chi connectivity index (χ0) is 11.1. The van der Waals surface area contributed by atoms with Crippen LogP contribution in [0.25, 0.3) is 11.0 Å². The number of hydrogen-bond donors (Lipinski definition) is 1. The second kappa shape index (κ2) is 3.41. The maximum Gasteiger partial charge on any atom is 0.416 e. The van der Waals surface area contributed by atoms with Crippen LogP contribution in [0.4, 0.5) is 13.2 Å². The first kappa shape index (κ1) is 10.3. The first-order valence-electron chi connectivity index (χ1n) is 4.11. The lowest BCUT2D eigenvalue weighted by Gasteiger charge is -2.10. The van der Waals surface area contributed by atoms with Crippen molar-refractivity contribution in [3.8, 4) is 0 Å². The molecule has 2 aromatic rings. The SMILES string of the molecule is FC(F)(F)c1cc2nc[nH]c2cc1CCl. The molecular weight excluding hydrogens is 229 g/mol. The molecule has 0 aliphatic heterocycles. The van der Waals surface area contributed by atoms with Crippen molar-refractivity contribution >= 4 is 22.6 Å². The van der Waals surface area contributed by atoms with Crippen LogP contribution in [0.5, 0.6) is 0 Å². The zero-order valence-electron chi connectivity index (χ0n) is 7.40. The molecule has 0 radical (unpaired) electrons. The molecule has 0 aliphatic carbocycles. The monoisotopic (exact) mass is 234 g/mol. The highest BCUT2D eigenvalue weighted by Gasteiger charge is 2.33. The lowest BCUT2D eigenvalue weighted by Crippen LogP contribution is -2.08. The van der Waals surface area contributed by atoms with Gasteiger partial charge in [-0.25, -0.2) is 4.98 Å². The predicted molar refractivity (Wildman–Crippen MR) is 50.7 cm³/mol. The highest BCUT2D eigenvalue weighted by Crippen LogP contribution is 2.34. The Kier molecular flexibility index (Phi) is 2.34. The van der Waals surface area contributed by atoms with Crippen molar-refractivity contribution in [1.29, 1.82) is 0 Å². The van der Waals surface area contributed by atoms with Gasteiger partial charge in [-0.3, -0.25) is 0 Å². The predicted octanol–water partition coefficient (Wildman–Crippen LogP) is 3.32. The largest absolute Gasteiger partial charge is 0.416 e. The van der Waals surface area contributed by atoms with Crippen LogP contribution >= 0.6 is 11.6 Å². The Bertz CT molecular complexity index is 490. The Morgan fingerprint density at radius 2 is 2.07 bits per heavy atom. The van der Waals surface area contributed by atoms with Crippen molar-refractivity contribution in [2.24, 2.45) is 0 Å². The third-order valence-corrected chi connectivity index (χ3v) is 2.38. The first-order chi connectivity index (χ1) is 7.02. The molecular formula is C9H6ClF3N2. The van der Waals surface area contributed by atoms with E-state index in [4.69, 9.17) is 11.6 Å². The minimum atomic E-state index is -4.39. The lowest BCUT2D eigenvalue weighted by molar-refractivity contribution is -0.138. The standard InChI is InChI=1S/C9H6ClF3N2/c10-3-5-1-7-8(15-4-14-7)2-6(5)9(11,12)13/h1-2,4H,3H2,(H,14,15). The molecule has 1 aromatic carbocycles. The Hall–Kier alpha value is -1.23. The topological polar surface area (TPSA) is 28.7 Å². The van der Waals surface area contributed by atoms with Gasteiger partial charge in [-0.2, -0.15) is 13.2 Å². The molecule has 0 aliphatic rings. The number of nitrogens with zero attached hydrogens (tertiary/aromatic N) is 1. The fourth-order valence-electron chi connectivity index (χ4n) is 1.40. The smallest absolute Gasteiger partial charge is 0.345 e. The third kappa shape index (κ3) is 1.79. The molecule has 2 nitrogen and oxygen atoms in total. The Morgan fingerprint density at radius 1 is 1.33 bits per heavy atom. The number of benzene rings is 1. The number of halogens is 4. The minimum absolute atomic E-state index is 0.0564. The highest BCUT2D eigenvalue weighted by molar-refractivity contribution is 6.17. The average Bonchev–Trinajstić information content (AvgIpc) is 2.60. The molecule has 80 valence electrons. The van der Waals surface area contributed by atoms with Gasteiger partial charge in [0.1, 0.15) is 0 Å². The van der Waals surface area contributed by atoms with Crippen LogP contribution < -0.4 is 0 Å². The molecule has 15 heavy (non-hydrogen) atoms. The Balaban J connectivity index is 2.70. The van der Waals surface area contributed by atoms with Crippen LogP contribution in [0.3, 0.4) is 0 Å². The number of aromatic nitrogens is 2. The Morgan fingerprint density at radius 3 is 2.67 bits per heavy atom. The summed E-state index contributed by atoms with van der Waals surface area (Å²) in [7, 11) is 0. The normalized spacial score (nSPS) is 12.3. The maximum atomic E-state index is 12.6. The lowest BCUT2D eigenvalue weighted by atomic mass is 10.1. The van der Waals surface area contributed by atoms with E-state index in [1.807, 2.05) is 0 Å². The molecule has 0 spiro atoms. The fourth-order valence-corrected chi connectivity index (χ4v) is 1.62. The summed E-state index contributed by atoms with van der Waals surface area (Å²) in [6.07, 6.45) is -3.04. The maximum absolute atomic E-state index is 12.6. The zero-order valence-corrected chi connectivity index (χ0v) is 8.15. The number of alkyl halides is 4. The quantitative estimate of drug-likeness (QED) is 0.754. The van der Waals surface area contributed by atoms with Crippen LogP contribution in [0.1, 0.15) is 11.1 Å². The van der Waals surface area contributed by atoms with Crippen molar-refractivity contribution in [3.05, 3.63) is 29.6 Å². The van der Waals surface area contributed by atoms with Gasteiger partial charge in [0, 0.05) is 5.88 Å². The van der Waals surface area contributed by atoms with Crippen molar-refractivity contribution < 1.29 is 13.2 Å². The second-order valence-corrected chi connectivity index (χ2v) is 3.33. The highest BCUT2D eigenvalue weighted by atomic mass is 35.5. The number of rotatable bonds is 1. The van der Waals surface area contributed by atoms with Crippen molar-refractivity contribution in [2.45, 2.75) is 12.1 Å². The summed E-state index contributed by atoms with van der Waals surface area (Å²) in [6.45, 7) is 0. The average molecular weight is 235 g/mol. The number of imidazole rings is 1. The molecule has 0 fully saturated rings. The van der Waals surface area contributed by atoms with Gasteiger partial charge in [0.05, 0.1) is 22.9 Å². The van der Waals surface area contributed by atoms with E-state index in [-0.39, 0.29) is 17.0 Å². The molecule has 0 saturated carbocycles. The van der Waals surface area contributed by atoms with Gasteiger partial charge < -0.3 is 4.98 Å². The summed E-state index contributed by atoms with van der Waals surface area (Å²) in [4.78, 5) is 6.51. The van der Waals surface area contributed by atoms with E-state index in [0.717, 1.165) is 6.07 Å². The van der Waals surface area contributed by atoms with Crippen LogP contribution in [-0.2, 0) is 12.1 Å². The molecule has 0 amide bonds. The van der Waals surface area contributed by atoms with Crippen molar-refractivity contribution in [1.82, 2.24) is 9.97 Å². The molecule has 1 heterocycles. The van der Waals surface area contributed by atoms with E-state index in [0.29, 0.717) is 5.52 Å². The van der Waals surface area contributed by atoms with Gasteiger partial charge in [0.2, 0.25) is 0 Å². The van der Waals surface area contributed by atoms with Crippen molar-refractivity contribution in [2.75, 3.05) is 0 Å². The van der Waals surface area contributed by atoms with E-state index in [2.05, 4.69) is 9.97 Å². The number of hydrogen-bond acceptors (Lipinski definition) is 1. The molecule has 6 heteroatoms. The van der Waals surface area contributed by atoms with Crippen LogP contribution in [0.2, 0.25) is 0 Å². The number of nitrogens with one attached hydrogen (secondary N) is 1. The number of aromatic amines is 1. The molecule has 1 aromatic heterocycles. The van der Waals surface area contributed by atoms with Gasteiger partial charge in [-0.15, -0.1) is 11.6 Å². The molecule has 0 bridgehead atoms. The van der Waals surface area contributed by atoms with Gasteiger partial charge in [-0.05, 0) is 17.7 Å².